The first-order valence-electron chi connectivity index (χ1n) is 7.93. The van der Waals surface area contributed by atoms with Crippen LogP contribution in [0.25, 0.3) is 0 Å². The maximum atomic E-state index is 3.75. The summed E-state index contributed by atoms with van der Waals surface area (Å²) in [5, 5.41) is 5.98. The van der Waals surface area contributed by atoms with Crippen LogP contribution in [0.3, 0.4) is 0 Å². The van der Waals surface area contributed by atoms with Gasteiger partial charge in [-0.1, -0.05) is 45.0 Å². The smallest absolute Gasteiger partial charge is 0.0334 e. The van der Waals surface area contributed by atoms with Crippen molar-refractivity contribution in [3.8, 4) is 0 Å². The molecule has 2 aromatic rings. The van der Waals surface area contributed by atoms with E-state index in [-0.39, 0.29) is 5.41 Å². The summed E-state index contributed by atoms with van der Waals surface area (Å²) in [4.78, 5) is 1.59. The Bertz CT molecular complexity index is 589. The first-order valence-corrected chi connectivity index (χ1v) is 8.81. The van der Waals surface area contributed by atoms with Gasteiger partial charge in [-0.15, -0.1) is 11.3 Å². The van der Waals surface area contributed by atoms with Crippen molar-refractivity contribution >= 4 is 11.3 Å². The summed E-state index contributed by atoms with van der Waals surface area (Å²) >= 11 is 1.92. The molecule has 0 saturated carbocycles. The fourth-order valence-electron chi connectivity index (χ4n) is 3.06. The molecule has 0 aliphatic heterocycles. The van der Waals surface area contributed by atoms with Gasteiger partial charge < -0.3 is 5.32 Å². The molecule has 1 N–H and O–H groups in total. The lowest BCUT2D eigenvalue weighted by atomic mass is 9.86. The third-order valence-corrected chi connectivity index (χ3v) is 5.42. The number of rotatable bonds is 3. The Balaban J connectivity index is 1.64. The molecule has 3 rings (SSSR count). The highest BCUT2D eigenvalue weighted by Crippen LogP contribution is 2.33. The van der Waals surface area contributed by atoms with E-state index in [9.17, 15) is 0 Å². The monoisotopic (exact) mass is 299 g/mol. The van der Waals surface area contributed by atoms with Gasteiger partial charge in [-0.2, -0.15) is 0 Å². The van der Waals surface area contributed by atoms with Crippen LogP contribution in [0.4, 0.5) is 0 Å². The maximum Gasteiger partial charge on any atom is 0.0334 e. The summed E-state index contributed by atoms with van der Waals surface area (Å²) in [7, 11) is 0. The lowest BCUT2D eigenvalue weighted by Gasteiger charge is -2.24. The molecule has 1 unspecified atom stereocenters. The van der Waals surface area contributed by atoms with Gasteiger partial charge in [-0.3, -0.25) is 0 Å². The Hall–Kier alpha value is -1.12. The Labute approximate surface area is 132 Å². The second kappa shape index (κ2) is 5.94. The van der Waals surface area contributed by atoms with Gasteiger partial charge >= 0.3 is 0 Å². The lowest BCUT2D eigenvalue weighted by molar-refractivity contribution is 0.463. The van der Waals surface area contributed by atoms with Crippen molar-refractivity contribution < 1.29 is 0 Å². The van der Waals surface area contributed by atoms with Crippen LogP contribution in [-0.2, 0) is 18.4 Å². The van der Waals surface area contributed by atoms with Gasteiger partial charge in [-0.05, 0) is 52.8 Å². The zero-order valence-electron chi connectivity index (χ0n) is 13.3. The van der Waals surface area contributed by atoms with Crippen LogP contribution in [0.5, 0.6) is 0 Å². The summed E-state index contributed by atoms with van der Waals surface area (Å²) < 4.78 is 0. The third-order valence-electron chi connectivity index (χ3n) is 4.42. The second-order valence-electron chi connectivity index (χ2n) is 7.07. The quantitative estimate of drug-likeness (QED) is 0.820. The first kappa shape index (κ1) is 14.8. The van der Waals surface area contributed by atoms with Crippen LogP contribution in [0, 0.1) is 0 Å². The number of hydrogen-bond donors (Lipinski definition) is 1. The Morgan fingerprint density at radius 2 is 1.90 bits per heavy atom. The largest absolute Gasteiger partial charge is 0.306 e. The summed E-state index contributed by atoms with van der Waals surface area (Å²) in [5.41, 5.74) is 4.56. The van der Waals surface area contributed by atoms with Crippen molar-refractivity contribution in [2.75, 3.05) is 0 Å². The number of thiophene rings is 1. The number of hydrogen-bond acceptors (Lipinski definition) is 2. The van der Waals surface area contributed by atoms with Crippen molar-refractivity contribution in [1.29, 1.82) is 0 Å². The van der Waals surface area contributed by atoms with Gasteiger partial charge in [0.1, 0.15) is 0 Å². The summed E-state index contributed by atoms with van der Waals surface area (Å²) in [6, 6.07) is 11.9. The van der Waals surface area contributed by atoms with E-state index in [0.717, 1.165) is 6.54 Å². The van der Waals surface area contributed by atoms with Crippen LogP contribution in [0.1, 0.15) is 61.2 Å². The van der Waals surface area contributed by atoms with Crippen molar-refractivity contribution in [3.63, 3.8) is 0 Å². The van der Waals surface area contributed by atoms with Gasteiger partial charge in [0, 0.05) is 17.5 Å². The molecule has 0 fully saturated rings. The van der Waals surface area contributed by atoms with Crippen LogP contribution >= 0.6 is 11.3 Å². The average Bonchev–Trinajstić information content (AvgIpc) is 2.93. The molecule has 0 bridgehead atoms. The molecule has 1 atom stereocenters. The Morgan fingerprint density at radius 1 is 1.14 bits per heavy atom. The van der Waals surface area contributed by atoms with Crippen LogP contribution < -0.4 is 5.32 Å². The van der Waals surface area contributed by atoms with Gasteiger partial charge in [-0.25, -0.2) is 0 Å². The van der Waals surface area contributed by atoms with E-state index in [0.29, 0.717) is 6.04 Å². The van der Waals surface area contributed by atoms with Crippen LogP contribution in [-0.4, -0.2) is 0 Å². The molecule has 1 aliphatic rings. The van der Waals surface area contributed by atoms with Crippen molar-refractivity contribution in [2.45, 2.75) is 58.0 Å². The molecule has 1 heterocycles. The SMILES string of the molecule is CC(C)(C)c1ccc(CNC2CCCc3sccc32)cc1. The van der Waals surface area contributed by atoms with E-state index in [1.807, 2.05) is 11.3 Å². The predicted molar refractivity (Wildman–Crippen MR) is 92.0 cm³/mol. The van der Waals surface area contributed by atoms with Gasteiger partial charge in [0.25, 0.3) is 0 Å². The third kappa shape index (κ3) is 3.38. The fraction of sp³-hybridized carbons (Fsp3) is 0.474. The Morgan fingerprint density at radius 3 is 2.62 bits per heavy atom. The van der Waals surface area contributed by atoms with E-state index in [1.165, 1.54) is 36.0 Å². The summed E-state index contributed by atoms with van der Waals surface area (Å²) in [6.07, 6.45) is 3.85. The molecule has 1 aromatic heterocycles. The molecule has 2 heteroatoms. The normalized spacial score (nSPS) is 18.5. The zero-order chi connectivity index (χ0) is 14.9. The van der Waals surface area contributed by atoms with Gasteiger partial charge in [0.15, 0.2) is 0 Å². The topological polar surface area (TPSA) is 12.0 Å². The van der Waals surface area contributed by atoms with Crippen LogP contribution in [0.2, 0.25) is 0 Å². The molecular formula is C19H25NS. The Kier molecular flexibility index (Phi) is 4.19. The van der Waals surface area contributed by atoms with E-state index < -0.39 is 0 Å². The molecule has 0 saturated heterocycles. The fourth-order valence-corrected chi connectivity index (χ4v) is 4.05. The van der Waals surface area contributed by atoms with E-state index in [1.54, 1.807) is 4.88 Å². The molecule has 0 radical (unpaired) electrons. The van der Waals surface area contributed by atoms with Crippen LogP contribution in [0.15, 0.2) is 35.7 Å². The zero-order valence-corrected chi connectivity index (χ0v) is 14.1. The molecule has 1 aliphatic carbocycles. The second-order valence-corrected chi connectivity index (χ2v) is 8.07. The highest BCUT2D eigenvalue weighted by Gasteiger charge is 2.20. The van der Waals surface area contributed by atoms with E-state index in [4.69, 9.17) is 0 Å². The standard InChI is InChI=1S/C19H25NS/c1-19(2,3)15-9-7-14(8-10-15)13-20-17-5-4-6-18-16(17)11-12-21-18/h7-12,17,20H,4-6,13H2,1-3H3. The number of fused-ring (bicyclic) bond motifs is 1. The molecule has 1 aromatic carbocycles. The summed E-state index contributed by atoms with van der Waals surface area (Å²) in [5.74, 6) is 0. The number of benzene rings is 1. The molecule has 0 amide bonds. The molecule has 21 heavy (non-hydrogen) atoms. The van der Waals surface area contributed by atoms with Gasteiger partial charge in [0.2, 0.25) is 0 Å². The van der Waals surface area contributed by atoms with E-state index in [2.05, 4.69) is 61.8 Å². The maximum absolute atomic E-state index is 3.75. The predicted octanol–water partition coefficient (Wildman–Crippen LogP) is 5.21. The van der Waals surface area contributed by atoms with E-state index >= 15 is 0 Å². The highest BCUT2D eigenvalue weighted by molar-refractivity contribution is 7.10. The minimum Gasteiger partial charge on any atom is -0.306 e. The minimum absolute atomic E-state index is 0.237. The highest BCUT2D eigenvalue weighted by atomic mass is 32.1. The first-order chi connectivity index (χ1) is 10.0. The molecular weight excluding hydrogens is 274 g/mol. The molecule has 0 spiro atoms. The number of nitrogens with one attached hydrogen (secondary N) is 1. The van der Waals surface area contributed by atoms with Crippen molar-refractivity contribution in [3.05, 3.63) is 57.3 Å². The van der Waals surface area contributed by atoms with Gasteiger partial charge in [0.05, 0.1) is 0 Å². The summed E-state index contributed by atoms with van der Waals surface area (Å²) in [6.45, 7) is 7.76. The average molecular weight is 299 g/mol. The minimum atomic E-state index is 0.237. The van der Waals surface area contributed by atoms with Crippen molar-refractivity contribution in [1.82, 2.24) is 5.32 Å². The molecule has 1 nitrogen and oxygen atoms in total. The molecule has 112 valence electrons. The van der Waals surface area contributed by atoms with Crippen molar-refractivity contribution in [2.24, 2.45) is 0 Å². The number of aryl methyl sites for hydroxylation is 1. The lowest BCUT2D eigenvalue weighted by Crippen LogP contribution is -2.23.